The second-order valence-corrected chi connectivity index (χ2v) is 8.29. The van der Waals surface area contributed by atoms with E-state index in [1.807, 2.05) is 24.3 Å². The van der Waals surface area contributed by atoms with Crippen molar-refractivity contribution < 1.29 is 18.8 Å². The first-order chi connectivity index (χ1) is 15.1. The van der Waals surface area contributed by atoms with Crippen molar-refractivity contribution in [2.45, 2.75) is 26.2 Å². The maximum atomic E-state index is 14.0. The van der Waals surface area contributed by atoms with Gasteiger partial charge in [0.2, 0.25) is 5.88 Å². The van der Waals surface area contributed by atoms with Crippen LogP contribution in [0.3, 0.4) is 0 Å². The summed E-state index contributed by atoms with van der Waals surface area (Å²) in [7, 11) is 3.10. The fourth-order valence-electron chi connectivity index (χ4n) is 3.40. The van der Waals surface area contributed by atoms with Gasteiger partial charge in [-0.15, -0.1) is 0 Å². The molecule has 1 aromatic heterocycles. The highest BCUT2D eigenvalue weighted by Crippen LogP contribution is 2.40. The van der Waals surface area contributed by atoms with Crippen molar-refractivity contribution in [3.05, 3.63) is 81.3 Å². The molecule has 2 aromatic carbocycles. The summed E-state index contributed by atoms with van der Waals surface area (Å²) in [5.41, 5.74) is 3.55. The van der Waals surface area contributed by atoms with Gasteiger partial charge >= 0.3 is 0 Å². The summed E-state index contributed by atoms with van der Waals surface area (Å²) in [4.78, 5) is 14.5. The monoisotopic (exact) mass is 436 g/mol. The van der Waals surface area contributed by atoms with Crippen molar-refractivity contribution in [1.82, 2.24) is 4.98 Å². The number of nitrogens with zero attached hydrogens (tertiary/aromatic N) is 2. The van der Waals surface area contributed by atoms with Gasteiger partial charge in [0.25, 0.3) is 5.69 Å². The van der Waals surface area contributed by atoms with E-state index in [4.69, 9.17) is 9.47 Å². The van der Waals surface area contributed by atoms with E-state index in [2.05, 4.69) is 25.8 Å². The lowest BCUT2D eigenvalue weighted by Gasteiger charge is -2.25. The van der Waals surface area contributed by atoms with Gasteiger partial charge in [-0.25, -0.2) is 9.37 Å². The number of nitro groups is 1. The predicted octanol–water partition coefficient (Wildman–Crippen LogP) is 6.28. The standard InChI is InChI=1S/C25H25FN2O4/c1-25(2,3)22-13-18(21-14-19(26)15-27-24(21)32-5)12-17(23(22)31-4)9-6-16-7-10-20(11-8-16)28(29)30/h6-15H,1-5H3/b9-6+. The molecule has 0 saturated heterocycles. The number of ether oxygens (including phenoxy) is 2. The first kappa shape index (κ1) is 22.9. The summed E-state index contributed by atoms with van der Waals surface area (Å²) in [6.07, 6.45) is 4.84. The van der Waals surface area contributed by atoms with E-state index in [9.17, 15) is 14.5 Å². The fourth-order valence-corrected chi connectivity index (χ4v) is 3.40. The Balaban J connectivity index is 2.17. The number of aromatic nitrogens is 1. The topological polar surface area (TPSA) is 74.5 Å². The van der Waals surface area contributed by atoms with E-state index in [0.717, 1.165) is 28.5 Å². The van der Waals surface area contributed by atoms with Gasteiger partial charge < -0.3 is 9.47 Å². The SMILES string of the molecule is COc1ncc(F)cc1-c1cc(/C=C/c2ccc([N+](=O)[O-])cc2)c(OC)c(C(C)(C)C)c1. The van der Waals surface area contributed by atoms with Crippen LogP contribution >= 0.6 is 0 Å². The van der Waals surface area contributed by atoms with Crippen molar-refractivity contribution in [2.75, 3.05) is 14.2 Å². The number of non-ortho nitro benzene ring substituents is 1. The summed E-state index contributed by atoms with van der Waals surface area (Å²) in [6.45, 7) is 6.21. The Morgan fingerprint density at radius 2 is 1.72 bits per heavy atom. The van der Waals surface area contributed by atoms with Crippen LogP contribution < -0.4 is 9.47 Å². The number of pyridine rings is 1. The number of nitro benzene ring substituents is 1. The van der Waals surface area contributed by atoms with Gasteiger partial charge in [-0.3, -0.25) is 10.1 Å². The number of rotatable bonds is 6. The second kappa shape index (κ2) is 9.18. The van der Waals surface area contributed by atoms with Gasteiger partial charge in [0.1, 0.15) is 11.6 Å². The molecule has 0 amide bonds. The van der Waals surface area contributed by atoms with Crippen molar-refractivity contribution in [1.29, 1.82) is 0 Å². The lowest BCUT2D eigenvalue weighted by Crippen LogP contribution is -2.14. The molecule has 0 N–H and O–H groups in total. The predicted molar refractivity (Wildman–Crippen MR) is 123 cm³/mol. The first-order valence-electron chi connectivity index (χ1n) is 9.99. The van der Waals surface area contributed by atoms with Crippen LogP contribution in [0.1, 0.15) is 37.5 Å². The molecule has 3 rings (SSSR count). The molecule has 0 spiro atoms. The molecule has 1 heterocycles. The molecule has 0 aliphatic carbocycles. The van der Waals surface area contributed by atoms with Crippen LogP contribution in [-0.4, -0.2) is 24.1 Å². The largest absolute Gasteiger partial charge is 0.496 e. The van der Waals surface area contributed by atoms with Crippen LogP contribution in [0.15, 0.2) is 48.7 Å². The quantitative estimate of drug-likeness (QED) is 0.258. The van der Waals surface area contributed by atoms with Gasteiger partial charge in [0.05, 0.1) is 25.3 Å². The number of halogens is 1. The zero-order valence-electron chi connectivity index (χ0n) is 18.7. The van der Waals surface area contributed by atoms with Crippen LogP contribution in [0.5, 0.6) is 11.6 Å². The Labute approximate surface area is 186 Å². The zero-order chi connectivity index (χ0) is 23.5. The Morgan fingerprint density at radius 1 is 1.03 bits per heavy atom. The maximum absolute atomic E-state index is 14.0. The van der Waals surface area contributed by atoms with Crippen molar-refractivity contribution in [3.8, 4) is 22.8 Å². The molecular formula is C25H25FN2O4. The third kappa shape index (κ3) is 4.94. The number of hydrogen-bond donors (Lipinski definition) is 0. The highest BCUT2D eigenvalue weighted by atomic mass is 19.1. The summed E-state index contributed by atoms with van der Waals surface area (Å²) >= 11 is 0. The molecule has 0 saturated carbocycles. The Morgan fingerprint density at radius 3 is 2.28 bits per heavy atom. The molecule has 0 radical (unpaired) electrons. The van der Waals surface area contributed by atoms with E-state index >= 15 is 0 Å². The van der Waals surface area contributed by atoms with Crippen molar-refractivity contribution in [3.63, 3.8) is 0 Å². The van der Waals surface area contributed by atoms with Gasteiger partial charge in [0.15, 0.2) is 0 Å². The van der Waals surface area contributed by atoms with E-state index in [1.54, 1.807) is 19.2 Å². The Bertz CT molecular complexity index is 1170. The zero-order valence-corrected chi connectivity index (χ0v) is 18.7. The molecule has 0 aliphatic rings. The first-order valence-corrected chi connectivity index (χ1v) is 9.99. The van der Waals surface area contributed by atoms with Crippen LogP contribution in [0.25, 0.3) is 23.3 Å². The van der Waals surface area contributed by atoms with E-state index in [1.165, 1.54) is 25.3 Å². The normalized spacial score (nSPS) is 11.6. The molecule has 0 fully saturated rings. The third-order valence-corrected chi connectivity index (χ3v) is 5.01. The van der Waals surface area contributed by atoms with Gasteiger partial charge in [-0.1, -0.05) is 32.9 Å². The number of hydrogen-bond acceptors (Lipinski definition) is 5. The van der Waals surface area contributed by atoms with Crippen LogP contribution in [0.4, 0.5) is 10.1 Å². The Hall–Kier alpha value is -3.74. The molecule has 6 nitrogen and oxygen atoms in total. The maximum Gasteiger partial charge on any atom is 0.269 e. The fraction of sp³-hybridized carbons (Fsp3) is 0.240. The van der Waals surface area contributed by atoms with Gasteiger partial charge in [-0.05, 0) is 46.9 Å². The van der Waals surface area contributed by atoms with Crippen molar-refractivity contribution in [2.24, 2.45) is 0 Å². The molecular weight excluding hydrogens is 411 g/mol. The molecule has 166 valence electrons. The lowest BCUT2D eigenvalue weighted by atomic mass is 9.83. The van der Waals surface area contributed by atoms with Gasteiger partial charge in [-0.2, -0.15) is 0 Å². The number of benzene rings is 2. The molecule has 0 bridgehead atoms. The molecule has 0 unspecified atom stereocenters. The van der Waals surface area contributed by atoms with E-state index in [-0.39, 0.29) is 11.1 Å². The highest BCUT2D eigenvalue weighted by molar-refractivity contribution is 5.80. The third-order valence-electron chi connectivity index (χ3n) is 5.01. The average molecular weight is 436 g/mol. The van der Waals surface area contributed by atoms with E-state index < -0.39 is 10.7 Å². The minimum atomic E-state index is -0.461. The second-order valence-electron chi connectivity index (χ2n) is 8.29. The van der Waals surface area contributed by atoms with Crippen molar-refractivity contribution >= 4 is 17.8 Å². The highest BCUT2D eigenvalue weighted by Gasteiger charge is 2.23. The lowest BCUT2D eigenvalue weighted by molar-refractivity contribution is -0.384. The average Bonchev–Trinajstić information content (AvgIpc) is 2.76. The molecule has 32 heavy (non-hydrogen) atoms. The molecule has 7 heteroatoms. The summed E-state index contributed by atoms with van der Waals surface area (Å²) in [5.74, 6) is 0.557. The Kier molecular flexibility index (Phi) is 6.58. The van der Waals surface area contributed by atoms with Crippen LogP contribution in [-0.2, 0) is 5.41 Å². The van der Waals surface area contributed by atoms with E-state index in [0.29, 0.717) is 17.2 Å². The minimum absolute atomic E-state index is 0.0300. The summed E-state index contributed by atoms with van der Waals surface area (Å²) in [6, 6.07) is 11.5. The van der Waals surface area contributed by atoms with Crippen LogP contribution in [0, 0.1) is 15.9 Å². The minimum Gasteiger partial charge on any atom is -0.496 e. The smallest absolute Gasteiger partial charge is 0.269 e. The number of methoxy groups -OCH3 is 2. The molecule has 0 atom stereocenters. The van der Waals surface area contributed by atoms with Crippen LogP contribution in [0.2, 0.25) is 0 Å². The molecule has 0 aliphatic heterocycles. The summed E-state index contributed by atoms with van der Waals surface area (Å²) < 4.78 is 25.1. The summed E-state index contributed by atoms with van der Waals surface area (Å²) in [5, 5.41) is 10.9. The van der Waals surface area contributed by atoms with Gasteiger partial charge in [0, 0.05) is 28.8 Å². The molecule has 3 aromatic rings.